The van der Waals surface area contributed by atoms with Crippen LogP contribution >= 0.6 is 0 Å². The summed E-state index contributed by atoms with van der Waals surface area (Å²) in [7, 11) is 0. The molecule has 0 unspecified atom stereocenters. The van der Waals surface area contributed by atoms with E-state index in [1.165, 1.54) is 6.20 Å². The van der Waals surface area contributed by atoms with Gasteiger partial charge in [-0.1, -0.05) is 0 Å². The van der Waals surface area contributed by atoms with E-state index < -0.39 is 12.0 Å². The van der Waals surface area contributed by atoms with Gasteiger partial charge in [0.25, 0.3) is 0 Å². The van der Waals surface area contributed by atoms with Gasteiger partial charge in [-0.15, -0.1) is 0 Å². The van der Waals surface area contributed by atoms with Gasteiger partial charge in [-0.2, -0.15) is 0 Å². The van der Waals surface area contributed by atoms with E-state index in [-0.39, 0.29) is 25.4 Å². The van der Waals surface area contributed by atoms with Crippen LogP contribution in [0.2, 0.25) is 0 Å². The zero-order valence-electron chi connectivity index (χ0n) is 10.5. The molecule has 0 saturated heterocycles. The van der Waals surface area contributed by atoms with Crippen LogP contribution in [0.4, 0.5) is 0 Å². The first-order valence-electron chi connectivity index (χ1n) is 5.70. The van der Waals surface area contributed by atoms with E-state index in [0.717, 1.165) is 0 Å². The van der Waals surface area contributed by atoms with Gasteiger partial charge in [-0.3, -0.25) is 9.78 Å². The second-order valence-electron chi connectivity index (χ2n) is 3.90. The molecule has 100 valence electrons. The molecule has 0 fully saturated rings. The number of pyridine rings is 1. The monoisotopic (exact) mass is 254 g/mol. The van der Waals surface area contributed by atoms with Crippen LogP contribution in [0.3, 0.4) is 0 Å². The van der Waals surface area contributed by atoms with E-state index in [0.29, 0.717) is 16.8 Å². The first kappa shape index (κ1) is 14.4. The van der Waals surface area contributed by atoms with Gasteiger partial charge in [0.2, 0.25) is 0 Å². The van der Waals surface area contributed by atoms with Crippen LogP contribution < -0.4 is 5.73 Å². The Morgan fingerprint density at radius 2 is 2.28 bits per heavy atom. The van der Waals surface area contributed by atoms with Crippen molar-refractivity contribution in [3.05, 3.63) is 23.0 Å². The molecule has 1 atom stereocenters. The van der Waals surface area contributed by atoms with Crippen molar-refractivity contribution >= 4 is 5.97 Å². The van der Waals surface area contributed by atoms with Crippen LogP contribution in [0.15, 0.2) is 6.20 Å². The quantitative estimate of drug-likeness (QED) is 0.662. The summed E-state index contributed by atoms with van der Waals surface area (Å²) < 4.78 is 4.80. The Balaban J connectivity index is 3.00. The second-order valence-corrected chi connectivity index (χ2v) is 3.90. The third kappa shape index (κ3) is 3.18. The fraction of sp³-hybridized carbons (Fsp3) is 0.500. The normalized spacial score (nSPS) is 12.2. The van der Waals surface area contributed by atoms with E-state index in [1.807, 2.05) is 0 Å². The molecule has 0 aromatic carbocycles. The highest BCUT2D eigenvalue weighted by Gasteiger charge is 2.21. The molecule has 0 amide bonds. The van der Waals surface area contributed by atoms with Gasteiger partial charge in [0.15, 0.2) is 0 Å². The lowest BCUT2D eigenvalue weighted by atomic mass is 9.98. The average molecular weight is 254 g/mol. The Morgan fingerprint density at radius 3 is 2.83 bits per heavy atom. The number of carbonyl (C=O) groups is 1. The highest BCUT2D eigenvalue weighted by atomic mass is 16.5. The highest BCUT2D eigenvalue weighted by molar-refractivity contribution is 5.70. The lowest BCUT2D eigenvalue weighted by Gasteiger charge is -2.17. The Bertz CT molecular complexity index is 434. The number of esters is 1. The first-order chi connectivity index (χ1) is 8.51. The maximum atomic E-state index is 11.4. The Morgan fingerprint density at radius 1 is 1.61 bits per heavy atom. The van der Waals surface area contributed by atoms with Crippen LogP contribution in [-0.4, -0.2) is 27.8 Å². The number of hydrogen-bond donors (Lipinski definition) is 3. The number of aliphatic hydroxyl groups is 1. The number of aliphatic hydroxyl groups excluding tert-OH is 1. The molecule has 1 rings (SSSR count). The van der Waals surface area contributed by atoms with Gasteiger partial charge >= 0.3 is 5.97 Å². The third-order valence-electron chi connectivity index (χ3n) is 2.59. The van der Waals surface area contributed by atoms with Crippen molar-refractivity contribution in [3.8, 4) is 5.75 Å². The predicted molar refractivity (Wildman–Crippen MR) is 64.7 cm³/mol. The van der Waals surface area contributed by atoms with Crippen LogP contribution in [0.1, 0.15) is 36.2 Å². The first-order valence-corrected chi connectivity index (χ1v) is 5.70. The van der Waals surface area contributed by atoms with Crippen LogP contribution in [-0.2, 0) is 16.1 Å². The minimum absolute atomic E-state index is 0.0577. The van der Waals surface area contributed by atoms with Crippen molar-refractivity contribution in [2.24, 2.45) is 5.73 Å². The Kier molecular flexibility index (Phi) is 5.06. The number of aromatic nitrogens is 1. The van der Waals surface area contributed by atoms with Gasteiger partial charge in [-0.05, 0) is 13.8 Å². The molecule has 0 aliphatic rings. The van der Waals surface area contributed by atoms with Crippen molar-refractivity contribution in [2.45, 2.75) is 32.9 Å². The molecule has 6 heteroatoms. The topological polar surface area (TPSA) is 106 Å². The summed E-state index contributed by atoms with van der Waals surface area (Å²) in [6.07, 6.45) is 1.38. The fourth-order valence-electron chi connectivity index (χ4n) is 1.69. The van der Waals surface area contributed by atoms with E-state index in [1.54, 1.807) is 13.8 Å². The third-order valence-corrected chi connectivity index (χ3v) is 2.59. The van der Waals surface area contributed by atoms with Gasteiger partial charge in [0.1, 0.15) is 5.75 Å². The molecular weight excluding hydrogens is 236 g/mol. The number of nitrogens with two attached hydrogens (primary N) is 1. The molecule has 1 aromatic rings. The molecule has 1 heterocycles. The average Bonchev–Trinajstić information content (AvgIpc) is 2.32. The standard InChI is InChI=1S/C12H18N2O4/c1-3-18-10(16)4-9(13)11-8(6-15)5-14-7(2)12(11)17/h5,9,15,17H,3-4,6,13H2,1-2H3/t9-/m1/s1. The molecule has 18 heavy (non-hydrogen) atoms. The second kappa shape index (κ2) is 6.32. The number of aromatic hydroxyl groups is 1. The van der Waals surface area contributed by atoms with Gasteiger partial charge < -0.3 is 20.7 Å². The number of rotatable bonds is 5. The van der Waals surface area contributed by atoms with Crippen molar-refractivity contribution in [2.75, 3.05) is 6.61 Å². The number of aryl methyl sites for hydroxylation is 1. The number of nitrogens with zero attached hydrogens (tertiary/aromatic N) is 1. The van der Waals surface area contributed by atoms with Gasteiger partial charge in [-0.25, -0.2) is 0 Å². The molecule has 4 N–H and O–H groups in total. The van der Waals surface area contributed by atoms with Gasteiger partial charge in [0, 0.05) is 23.4 Å². The SMILES string of the molecule is CCOC(=O)C[C@@H](N)c1c(CO)cnc(C)c1O. The maximum absolute atomic E-state index is 11.4. The zero-order chi connectivity index (χ0) is 13.7. The van der Waals surface area contributed by atoms with E-state index in [2.05, 4.69) is 4.98 Å². The van der Waals surface area contributed by atoms with Crippen molar-refractivity contribution < 1.29 is 19.7 Å². The number of ether oxygens (including phenoxy) is 1. The smallest absolute Gasteiger partial charge is 0.307 e. The Labute approximate surface area is 105 Å². The molecule has 0 spiro atoms. The van der Waals surface area contributed by atoms with E-state index in [9.17, 15) is 15.0 Å². The molecular formula is C12H18N2O4. The summed E-state index contributed by atoms with van der Waals surface area (Å²) in [5, 5.41) is 19.1. The molecule has 0 aliphatic carbocycles. The summed E-state index contributed by atoms with van der Waals surface area (Å²) in [6, 6.07) is -0.729. The molecule has 6 nitrogen and oxygen atoms in total. The minimum atomic E-state index is -0.729. The molecule has 0 aliphatic heterocycles. The molecule has 0 radical (unpaired) electrons. The summed E-state index contributed by atoms with van der Waals surface area (Å²) in [6.45, 7) is 3.31. The van der Waals surface area contributed by atoms with Crippen LogP contribution in [0.25, 0.3) is 0 Å². The van der Waals surface area contributed by atoms with E-state index >= 15 is 0 Å². The highest BCUT2D eigenvalue weighted by Crippen LogP contribution is 2.30. The summed E-state index contributed by atoms with van der Waals surface area (Å²) in [4.78, 5) is 15.3. The maximum Gasteiger partial charge on any atom is 0.307 e. The summed E-state index contributed by atoms with van der Waals surface area (Å²) in [5.74, 6) is -0.527. The van der Waals surface area contributed by atoms with Gasteiger partial charge in [0.05, 0.1) is 25.3 Å². The Hall–Kier alpha value is -1.66. The van der Waals surface area contributed by atoms with Crippen molar-refractivity contribution in [1.29, 1.82) is 0 Å². The predicted octanol–water partition coefficient (Wildman–Crippen LogP) is 0.541. The van der Waals surface area contributed by atoms with Crippen molar-refractivity contribution in [1.82, 2.24) is 4.98 Å². The largest absolute Gasteiger partial charge is 0.506 e. The number of carbonyl (C=O) groups excluding carboxylic acids is 1. The summed E-state index contributed by atoms with van der Waals surface area (Å²) >= 11 is 0. The van der Waals surface area contributed by atoms with Crippen molar-refractivity contribution in [3.63, 3.8) is 0 Å². The van der Waals surface area contributed by atoms with E-state index in [4.69, 9.17) is 10.5 Å². The molecule has 1 aromatic heterocycles. The zero-order valence-corrected chi connectivity index (χ0v) is 10.5. The summed E-state index contributed by atoms with van der Waals surface area (Å²) in [5.41, 5.74) is 7.03. The molecule has 0 saturated carbocycles. The minimum Gasteiger partial charge on any atom is -0.506 e. The van der Waals surface area contributed by atoms with Crippen LogP contribution in [0.5, 0.6) is 5.75 Å². The fourth-order valence-corrected chi connectivity index (χ4v) is 1.69. The lowest BCUT2D eigenvalue weighted by Crippen LogP contribution is -2.19. The molecule has 0 bridgehead atoms. The van der Waals surface area contributed by atoms with Crippen LogP contribution in [0, 0.1) is 6.92 Å². The lowest BCUT2D eigenvalue weighted by molar-refractivity contribution is -0.143. The number of hydrogen-bond acceptors (Lipinski definition) is 6.